The van der Waals surface area contributed by atoms with Crippen molar-refractivity contribution in [2.75, 3.05) is 17.1 Å². The van der Waals surface area contributed by atoms with Crippen LogP contribution in [0.5, 0.6) is 0 Å². The van der Waals surface area contributed by atoms with E-state index in [4.69, 9.17) is 11.6 Å². The molecule has 0 radical (unpaired) electrons. The molecular formula is C19H22ClFN2O3S. The molecule has 0 aliphatic heterocycles. The average molecular weight is 413 g/mol. The van der Waals surface area contributed by atoms with E-state index in [0.29, 0.717) is 0 Å². The van der Waals surface area contributed by atoms with Gasteiger partial charge in [-0.3, -0.25) is 9.10 Å². The van der Waals surface area contributed by atoms with E-state index in [9.17, 15) is 17.6 Å². The number of carbonyl (C=O) groups excluding carboxylic acids is 1. The van der Waals surface area contributed by atoms with Crippen LogP contribution >= 0.6 is 11.6 Å². The Morgan fingerprint density at radius 2 is 1.89 bits per heavy atom. The van der Waals surface area contributed by atoms with E-state index >= 15 is 0 Å². The lowest BCUT2D eigenvalue weighted by atomic mass is 10.1. The van der Waals surface area contributed by atoms with Crippen molar-refractivity contribution in [2.24, 2.45) is 0 Å². The number of sulfonamides is 1. The van der Waals surface area contributed by atoms with E-state index in [1.165, 1.54) is 12.1 Å². The predicted octanol–water partition coefficient (Wildman–Crippen LogP) is 3.38. The summed E-state index contributed by atoms with van der Waals surface area (Å²) >= 11 is 5.73. The maximum Gasteiger partial charge on any atom is 0.240 e. The van der Waals surface area contributed by atoms with Crippen LogP contribution in [0.2, 0.25) is 5.02 Å². The van der Waals surface area contributed by atoms with Crippen molar-refractivity contribution < 1.29 is 17.6 Å². The second-order valence-corrected chi connectivity index (χ2v) is 8.67. The SMILES string of the molecule is C[C@@H](CCc1ccccc1)NC(=O)CN(c1ccc(F)c(Cl)c1)S(C)(=O)=O. The average Bonchev–Trinajstić information content (AvgIpc) is 2.60. The predicted molar refractivity (Wildman–Crippen MR) is 106 cm³/mol. The molecule has 0 saturated heterocycles. The Hall–Kier alpha value is -2.12. The van der Waals surface area contributed by atoms with Crippen molar-refractivity contribution in [1.29, 1.82) is 0 Å². The molecule has 146 valence electrons. The van der Waals surface area contributed by atoms with Crippen LogP contribution in [-0.4, -0.2) is 33.2 Å². The number of rotatable bonds is 8. The van der Waals surface area contributed by atoms with Crippen molar-refractivity contribution in [3.63, 3.8) is 0 Å². The lowest BCUT2D eigenvalue weighted by molar-refractivity contribution is -0.120. The standard InChI is InChI=1S/C19H22ClFN2O3S/c1-14(8-9-15-6-4-3-5-7-15)22-19(24)13-23(27(2,25)26)16-10-11-18(21)17(20)12-16/h3-7,10-12,14H,8-9,13H2,1-2H3,(H,22,24)/t14-/m0/s1. The zero-order valence-electron chi connectivity index (χ0n) is 15.2. The number of anilines is 1. The third-order valence-electron chi connectivity index (χ3n) is 3.99. The van der Waals surface area contributed by atoms with Crippen LogP contribution in [0.25, 0.3) is 0 Å². The molecule has 0 aliphatic rings. The molecule has 2 aromatic rings. The minimum Gasteiger partial charge on any atom is -0.352 e. The van der Waals surface area contributed by atoms with Gasteiger partial charge in [0.15, 0.2) is 0 Å². The summed E-state index contributed by atoms with van der Waals surface area (Å²) in [7, 11) is -3.74. The van der Waals surface area contributed by atoms with Gasteiger partial charge in [0.25, 0.3) is 0 Å². The molecule has 1 amide bonds. The fourth-order valence-electron chi connectivity index (χ4n) is 2.59. The van der Waals surface area contributed by atoms with E-state index in [-0.39, 0.29) is 16.8 Å². The molecule has 5 nitrogen and oxygen atoms in total. The number of nitrogens with one attached hydrogen (secondary N) is 1. The van der Waals surface area contributed by atoms with Crippen LogP contribution < -0.4 is 9.62 Å². The van der Waals surface area contributed by atoms with Crippen LogP contribution in [0.15, 0.2) is 48.5 Å². The van der Waals surface area contributed by atoms with Gasteiger partial charge in [-0.2, -0.15) is 0 Å². The molecule has 8 heteroatoms. The van der Waals surface area contributed by atoms with Crippen LogP contribution in [0.4, 0.5) is 10.1 Å². The molecule has 0 saturated carbocycles. The molecule has 0 heterocycles. The van der Waals surface area contributed by atoms with Crippen molar-refractivity contribution in [3.05, 3.63) is 64.9 Å². The Morgan fingerprint density at radius 1 is 1.22 bits per heavy atom. The lowest BCUT2D eigenvalue weighted by Gasteiger charge is -2.23. The fourth-order valence-corrected chi connectivity index (χ4v) is 3.61. The van der Waals surface area contributed by atoms with Gasteiger partial charge >= 0.3 is 0 Å². The van der Waals surface area contributed by atoms with Gasteiger partial charge in [-0.05, 0) is 43.5 Å². The molecule has 0 spiro atoms. The molecule has 0 bridgehead atoms. The first-order valence-electron chi connectivity index (χ1n) is 8.43. The van der Waals surface area contributed by atoms with Crippen molar-refractivity contribution in [2.45, 2.75) is 25.8 Å². The van der Waals surface area contributed by atoms with Crippen LogP contribution in [-0.2, 0) is 21.2 Å². The number of hydrogen-bond acceptors (Lipinski definition) is 3. The van der Waals surface area contributed by atoms with Gasteiger partial charge in [-0.15, -0.1) is 0 Å². The zero-order valence-corrected chi connectivity index (χ0v) is 16.7. The second-order valence-electron chi connectivity index (χ2n) is 6.36. The van der Waals surface area contributed by atoms with E-state index in [1.807, 2.05) is 37.3 Å². The summed E-state index contributed by atoms with van der Waals surface area (Å²) in [4.78, 5) is 12.3. The molecule has 27 heavy (non-hydrogen) atoms. The summed E-state index contributed by atoms with van der Waals surface area (Å²) in [5.74, 6) is -1.10. The van der Waals surface area contributed by atoms with E-state index in [0.717, 1.165) is 35.0 Å². The first-order chi connectivity index (χ1) is 12.7. The number of amides is 1. The minimum atomic E-state index is -3.74. The van der Waals surface area contributed by atoms with Crippen LogP contribution in [0.3, 0.4) is 0 Å². The van der Waals surface area contributed by atoms with Gasteiger partial charge in [0.2, 0.25) is 15.9 Å². The third-order valence-corrected chi connectivity index (χ3v) is 5.43. The number of nitrogens with zero attached hydrogens (tertiary/aromatic N) is 1. The molecule has 0 unspecified atom stereocenters. The fraction of sp³-hybridized carbons (Fsp3) is 0.316. The Balaban J connectivity index is 2.00. The highest BCUT2D eigenvalue weighted by Gasteiger charge is 2.22. The van der Waals surface area contributed by atoms with Crippen LogP contribution in [0.1, 0.15) is 18.9 Å². The van der Waals surface area contributed by atoms with Gasteiger partial charge in [-0.1, -0.05) is 41.9 Å². The van der Waals surface area contributed by atoms with Crippen molar-refractivity contribution >= 4 is 33.2 Å². The summed E-state index contributed by atoms with van der Waals surface area (Å²) in [6.45, 7) is 1.46. The molecule has 1 atom stereocenters. The molecule has 1 N–H and O–H groups in total. The summed E-state index contributed by atoms with van der Waals surface area (Å²) in [6, 6.07) is 13.3. The Morgan fingerprint density at radius 3 is 2.48 bits per heavy atom. The zero-order chi connectivity index (χ0) is 20.0. The highest BCUT2D eigenvalue weighted by molar-refractivity contribution is 7.92. The van der Waals surface area contributed by atoms with Gasteiger partial charge in [0, 0.05) is 6.04 Å². The van der Waals surface area contributed by atoms with E-state index in [2.05, 4.69) is 5.32 Å². The topological polar surface area (TPSA) is 66.5 Å². The van der Waals surface area contributed by atoms with Gasteiger partial charge in [0.05, 0.1) is 17.0 Å². The van der Waals surface area contributed by atoms with Gasteiger partial charge in [-0.25, -0.2) is 12.8 Å². The first kappa shape index (κ1) is 21.2. The van der Waals surface area contributed by atoms with Gasteiger partial charge in [0.1, 0.15) is 12.4 Å². The minimum absolute atomic E-state index is 0.129. The summed E-state index contributed by atoms with van der Waals surface area (Å²) < 4.78 is 38.4. The maximum absolute atomic E-state index is 13.3. The lowest BCUT2D eigenvalue weighted by Crippen LogP contribution is -2.43. The number of benzene rings is 2. The normalized spacial score (nSPS) is 12.4. The summed E-state index contributed by atoms with van der Waals surface area (Å²) in [5, 5.41) is 2.59. The van der Waals surface area contributed by atoms with E-state index < -0.39 is 28.3 Å². The van der Waals surface area contributed by atoms with Crippen LogP contribution in [0, 0.1) is 5.82 Å². The molecule has 0 aromatic heterocycles. The molecule has 2 aromatic carbocycles. The maximum atomic E-state index is 13.3. The summed E-state index contributed by atoms with van der Waals surface area (Å²) in [6.07, 6.45) is 2.50. The largest absolute Gasteiger partial charge is 0.352 e. The Bertz CT molecular complexity index is 891. The highest BCUT2D eigenvalue weighted by Crippen LogP contribution is 2.24. The number of carbonyl (C=O) groups is 1. The highest BCUT2D eigenvalue weighted by atomic mass is 35.5. The van der Waals surface area contributed by atoms with E-state index in [1.54, 1.807) is 0 Å². The molecule has 0 fully saturated rings. The van der Waals surface area contributed by atoms with Crippen molar-refractivity contribution in [1.82, 2.24) is 5.32 Å². The van der Waals surface area contributed by atoms with Gasteiger partial charge < -0.3 is 5.32 Å². The third kappa shape index (κ3) is 6.52. The molecule has 2 rings (SSSR count). The monoisotopic (exact) mass is 412 g/mol. The smallest absolute Gasteiger partial charge is 0.240 e. The second kappa shape index (κ2) is 9.19. The molecule has 0 aliphatic carbocycles. The Kier molecular flexibility index (Phi) is 7.21. The first-order valence-corrected chi connectivity index (χ1v) is 10.7. The number of halogens is 2. The molecular weight excluding hydrogens is 391 g/mol. The Labute approximate surface area is 164 Å². The quantitative estimate of drug-likeness (QED) is 0.722. The number of hydrogen-bond donors (Lipinski definition) is 1. The summed E-state index contributed by atoms with van der Waals surface area (Å²) in [5.41, 5.74) is 1.30. The van der Waals surface area contributed by atoms with Crippen molar-refractivity contribution in [3.8, 4) is 0 Å². The number of aryl methyl sites for hydroxylation is 1.